The molecule has 5 rings (SSSR count). The van der Waals surface area contributed by atoms with Gasteiger partial charge in [-0.05, 0) is 60.2 Å². The molecule has 0 bridgehead atoms. The van der Waals surface area contributed by atoms with Gasteiger partial charge in [0.15, 0.2) is 5.84 Å². The van der Waals surface area contributed by atoms with E-state index in [1.54, 1.807) is 18.2 Å². The van der Waals surface area contributed by atoms with Crippen LogP contribution < -0.4 is 9.47 Å². The van der Waals surface area contributed by atoms with Crippen LogP contribution in [-0.2, 0) is 4.79 Å². The summed E-state index contributed by atoms with van der Waals surface area (Å²) in [5.74, 6) is 0.923. The molecule has 180 valence electrons. The highest BCUT2D eigenvalue weighted by Gasteiger charge is 2.36. The van der Waals surface area contributed by atoms with E-state index < -0.39 is 5.91 Å². The number of carbonyl (C=O) groups is 1. The number of amidine groups is 2. The molecule has 9 heteroatoms. The van der Waals surface area contributed by atoms with Gasteiger partial charge in [-0.3, -0.25) is 10.2 Å². The number of benzene rings is 3. The molecule has 3 aromatic carbocycles. The molecule has 0 spiro atoms. The van der Waals surface area contributed by atoms with E-state index in [1.165, 1.54) is 16.8 Å². The normalized spacial score (nSPS) is 16.1. The van der Waals surface area contributed by atoms with E-state index in [-0.39, 0.29) is 11.4 Å². The summed E-state index contributed by atoms with van der Waals surface area (Å²) in [5.41, 5.74) is 2.64. The number of fused-ring (bicyclic) bond motifs is 1. The molecule has 0 atom stereocenters. The van der Waals surface area contributed by atoms with E-state index in [1.807, 2.05) is 67.6 Å². The van der Waals surface area contributed by atoms with E-state index >= 15 is 0 Å². The maximum absolute atomic E-state index is 12.8. The SMILES string of the molecule is Cc1ccccc1OCCOc1cccc(C=C2C(=N)N3N=C(c4ccccc4Cl)SC3=NC2=O)c1. The Morgan fingerprint density at radius 2 is 1.81 bits per heavy atom. The monoisotopic (exact) mass is 516 g/mol. The third-order valence-corrected chi connectivity index (χ3v) is 6.70. The largest absolute Gasteiger partial charge is 0.490 e. The zero-order valence-corrected chi connectivity index (χ0v) is 20.8. The smallest absolute Gasteiger partial charge is 0.283 e. The van der Waals surface area contributed by atoms with Crippen LogP contribution in [0.2, 0.25) is 5.02 Å². The Kier molecular flexibility index (Phi) is 6.88. The molecule has 1 N–H and O–H groups in total. The van der Waals surface area contributed by atoms with Crippen molar-refractivity contribution in [2.24, 2.45) is 10.1 Å². The average molecular weight is 517 g/mol. The van der Waals surface area contributed by atoms with E-state index in [4.69, 9.17) is 26.5 Å². The number of para-hydroxylation sites is 1. The summed E-state index contributed by atoms with van der Waals surface area (Å²) in [7, 11) is 0. The Morgan fingerprint density at radius 1 is 1.03 bits per heavy atom. The number of nitrogens with zero attached hydrogens (tertiary/aromatic N) is 3. The van der Waals surface area contributed by atoms with Crippen LogP contribution in [0.3, 0.4) is 0 Å². The maximum Gasteiger partial charge on any atom is 0.283 e. The summed E-state index contributed by atoms with van der Waals surface area (Å²) in [6, 6.07) is 22.4. The predicted molar refractivity (Wildman–Crippen MR) is 144 cm³/mol. The highest BCUT2D eigenvalue weighted by atomic mass is 35.5. The van der Waals surface area contributed by atoms with Gasteiger partial charge >= 0.3 is 0 Å². The van der Waals surface area contributed by atoms with Crippen LogP contribution in [0.25, 0.3) is 6.08 Å². The second-order valence-electron chi connectivity index (χ2n) is 7.94. The average Bonchev–Trinajstić information content (AvgIpc) is 3.30. The van der Waals surface area contributed by atoms with Crippen molar-refractivity contribution in [1.29, 1.82) is 5.41 Å². The molecule has 2 aliphatic rings. The first-order chi connectivity index (χ1) is 17.5. The van der Waals surface area contributed by atoms with Gasteiger partial charge in [-0.2, -0.15) is 15.1 Å². The molecule has 0 saturated carbocycles. The fraction of sp³-hybridized carbons (Fsp3) is 0.111. The summed E-state index contributed by atoms with van der Waals surface area (Å²) in [5, 5.41) is 15.9. The van der Waals surface area contributed by atoms with Crippen molar-refractivity contribution in [1.82, 2.24) is 5.01 Å². The number of aliphatic imine (C=N–C) groups is 1. The van der Waals surface area contributed by atoms with E-state index in [0.29, 0.717) is 39.8 Å². The number of aryl methyl sites for hydroxylation is 1. The fourth-order valence-corrected chi connectivity index (χ4v) is 4.84. The van der Waals surface area contributed by atoms with Gasteiger partial charge in [0.2, 0.25) is 5.17 Å². The zero-order valence-electron chi connectivity index (χ0n) is 19.3. The summed E-state index contributed by atoms with van der Waals surface area (Å²) < 4.78 is 11.6. The summed E-state index contributed by atoms with van der Waals surface area (Å²) >= 11 is 7.51. The summed E-state index contributed by atoms with van der Waals surface area (Å²) in [6.07, 6.45) is 1.62. The van der Waals surface area contributed by atoms with E-state index in [0.717, 1.165) is 16.9 Å². The number of ether oxygens (including phenoxy) is 2. The zero-order chi connectivity index (χ0) is 25.1. The van der Waals surface area contributed by atoms with Crippen LogP contribution in [0.1, 0.15) is 16.7 Å². The van der Waals surface area contributed by atoms with Crippen molar-refractivity contribution in [3.8, 4) is 11.5 Å². The highest BCUT2D eigenvalue weighted by molar-refractivity contribution is 8.27. The number of rotatable bonds is 7. The minimum Gasteiger partial charge on any atom is -0.490 e. The van der Waals surface area contributed by atoms with Crippen molar-refractivity contribution in [2.45, 2.75) is 6.92 Å². The number of amides is 1. The van der Waals surface area contributed by atoms with Gasteiger partial charge < -0.3 is 9.47 Å². The van der Waals surface area contributed by atoms with Crippen LogP contribution >= 0.6 is 23.4 Å². The Labute approximate surface area is 217 Å². The van der Waals surface area contributed by atoms with Crippen LogP contribution in [0.4, 0.5) is 0 Å². The number of halogens is 1. The van der Waals surface area contributed by atoms with Crippen molar-refractivity contribution in [2.75, 3.05) is 13.2 Å². The van der Waals surface area contributed by atoms with Crippen LogP contribution in [0, 0.1) is 12.3 Å². The first-order valence-corrected chi connectivity index (χ1v) is 12.4. The van der Waals surface area contributed by atoms with Crippen LogP contribution in [0.15, 0.2) is 88.5 Å². The molecule has 0 fully saturated rings. The van der Waals surface area contributed by atoms with Gasteiger partial charge in [0.25, 0.3) is 5.91 Å². The number of hydrogen-bond acceptors (Lipinski definition) is 6. The first kappa shape index (κ1) is 23.8. The Bertz CT molecular complexity index is 1450. The molecule has 0 radical (unpaired) electrons. The number of hydrogen-bond donors (Lipinski definition) is 1. The van der Waals surface area contributed by atoms with Gasteiger partial charge in [0.1, 0.15) is 29.8 Å². The third-order valence-electron chi connectivity index (χ3n) is 5.43. The lowest BCUT2D eigenvalue weighted by Gasteiger charge is -2.20. The lowest BCUT2D eigenvalue weighted by atomic mass is 10.1. The molecule has 0 aliphatic carbocycles. The van der Waals surface area contributed by atoms with E-state index in [9.17, 15) is 4.79 Å². The molecule has 1 amide bonds. The molecule has 0 saturated heterocycles. The first-order valence-electron chi connectivity index (χ1n) is 11.2. The Morgan fingerprint density at radius 3 is 2.64 bits per heavy atom. The van der Waals surface area contributed by atoms with Crippen LogP contribution in [-0.4, -0.2) is 40.2 Å². The number of thioether (sulfide) groups is 1. The molecule has 7 nitrogen and oxygen atoms in total. The topological polar surface area (TPSA) is 87.3 Å². The quantitative estimate of drug-likeness (QED) is 0.318. The number of carbonyl (C=O) groups excluding carboxylic acids is 1. The van der Waals surface area contributed by atoms with Crippen molar-refractivity contribution in [3.63, 3.8) is 0 Å². The van der Waals surface area contributed by atoms with Crippen molar-refractivity contribution >= 4 is 51.4 Å². The molecule has 36 heavy (non-hydrogen) atoms. The number of hydrazone groups is 1. The maximum atomic E-state index is 12.8. The van der Waals surface area contributed by atoms with Crippen LogP contribution in [0.5, 0.6) is 11.5 Å². The van der Waals surface area contributed by atoms with Gasteiger partial charge in [0.05, 0.1) is 10.6 Å². The third kappa shape index (κ3) is 5.05. The molecular weight excluding hydrogens is 496 g/mol. The van der Waals surface area contributed by atoms with E-state index in [2.05, 4.69) is 10.1 Å². The molecule has 0 unspecified atom stereocenters. The van der Waals surface area contributed by atoms with Gasteiger partial charge in [-0.25, -0.2) is 0 Å². The molecule has 2 heterocycles. The van der Waals surface area contributed by atoms with Crippen molar-refractivity contribution in [3.05, 3.63) is 100 Å². The Balaban J connectivity index is 1.28. The molecule has 2 aliphatic heterocycles. The van der Waals surface area contributed by atoms with Gasteiger partial charge in [-0.15, -0.1) is 0 Å². The summed E-state index contributed by atoms with van der Waals surface area (Å²) in [4.78, 5) is 16.9. The predicted octanol–water partition coefficient (Wildman–Crippen LogP) is 5.77. The lowest BCUT2D eigenvalue weighted by Crippen LogP contribution is -2.35. The minimum atomic E-state index is -0.493. The van der Waals surface area contributed by atoms with Gasteiger partial charge in [0, 0.05) is 5.56 Å². The molecule has 3 aromatic rings. The second-order valence-corrected chi connectivity index (χ2v) is 9.30. The van der Waals surface area contributed by atoms with Crippen molar-refractivity contribution < 1.29 is 14.3 Å². The van der Waals surface area contributed by atoms with Gasteiger partial charge in [-0.1, -0.05) is 60.1 Å². The fourth-order valence-electron chi connectivity index (χ4n) is 3.63. The standard InChI is InChI=1S/C27H21ClN4O3S/c1-17-7-2-5-12-23(17)35-14-13-34-19-9-6-8-18(15-19)16-21-24(29)32-27(30-25(21)33)36-26(31-32)20-10-3-4-11-22(20)28/h2-12,15-16,29H,13-14H2,1H3. The highest BCUT2D eigenvalue weighted by Crippen LogP contribution is 2.33. The lowest BCUT2D eigenvalue weighted by molar-refractivity contribution is -0.114. The minimum absolute atomic E-state index is 0.0440. The molecular formula is C27H21ClN4O3S. The second kappa shape index (κ2) is 10.4. The summed E-state index contributed by atoms with van der Waals surface area (Å²) in [6.45, 7) is 2.75. The Hall–Kier alpha value is -3.88. The molecule has 0 aromatic heterocycles. The number of nitrogens with one attached hydrogen (secondary N) is 1.